The fourth-order valence-electron chi connectivity index (χ4n) is 2.42. The first-order valence-electron chi connectivity index (χ1n) is 6.17. The van der Waals surface area contributed by atoms with Crippen molar-refractivity contribution in [2.75, 3.05) is 5.32 Å². The fourth-order valence-corrected chi connectivity index (χ4v) is 2.42. The molecule has 86 valence electrons. The van der Waals surface area contributed by atoms with E-state index in [4.69, 9.17) is 0 Å². The number of benzene rings is 1. The maximum Gasteiger partial charge on any atom is 0.224 e. The molecule has 0 aromatic heterocycles. The van der Waals surface area contributed by atoms with E-state index in [1.807, 2.05) is 0 Å². The molecule has 0 saturated heterocycles. The summed E-state index contributed by atoms with van der Waals surface area (Å²) in [5, 5.41) is 2.92. The summed E-state index contributed by atoms with van der Waals surface area (Å²) in [4.78, 5) is 11.2. The monoisotopic (exact) mass is 217 g/mol. The van der Waals surface area contributed by atoms with E-state index in [1.54, 1.807) is 0 Å². The van der Waals surface area contributed by atoms with Gasteiger partial charge in [-0.1, -0.05) is 26.0 Å². The summed E-state index contributed by atoms with van der Waals surface area (Å²) >= 11 is 0. The quantitative estimate of drug-likeness (QED) is 0.825. The van der Waals surface area contributed by atoms with Crippen LogP contribution >= 0.6 is 0 Å². The molecule has 0 spiro atoms. The Labute approximate surface area is 97.1 Å². The number of carbonyl (C=O) groups is 1. The first-order valence-corrected chi connectivity index (χ1v) is 6.17. The molecule has 1 heterocycles. The lowest BCUT2D eigenvalue weighted by molar-refractivity contribution is -0.116. The molecule has 1 aliphatic rings. The smallest absolute Gasteiger partial charge is 0.224 e. The van der Waals surface area contributed by atoms with Crippen molar-refractivity contribution in [3.8, 4) is 0 Å². The van der Waals surface area contributed by atoms with Gasteiger partial charge in [-0.2, -0.15) is 0 Å². The van der Waals surface area contributed by atoms with E-state index in [1.165, 1.54) is 24.0 Å². The standard InChI is InChI=1S/C14H19NO/c1-3-10(4-2)11-5-7-13-12(9-11)6-8-14(16)15-13/h5,7,9-10H,3-4,6,8H2,1-2H3,(H,15,16). The minimum absolute atomic E-state index is 0.141. The Balaban J connectivity index is 2.28. The van der Waals surface area contributed by atoms with Crippen LogP contribution in [0.15, 0.2) is 18.2 Å². The molecule has 1 amide bonds. The molecular weight excluding hydrogens is 198 g/mol. The number of anilines is 1. The third-order valence-electron chi connectivity index (χ3n) is 3.48. The third-order valence-corrected chi connectivity index (χ3v) is 3.48. The molecule has 1 aliphatic heterocycles. The van der Waals surface area contributed by atoms with Crippen molar-refractivity contribution in [2.45, 2.75) is 45.4 Å². The van der Waals surface area contributed by atoms with Gasteiger partial charge in [-0.05, 0) is 42.4 Å². The van der Waals surface area contributed by atoms with Gasteiger partial charge in [0, 0.05) is 12.1 Å². The zero-order chi connectivity index (χ0) is 11.5. The van der Waals surface area contributed by atoms with Gasteiger partial charge in [0.2, 0.25) is 5.91 Å². The molecule has 0 radical (unpaired) electrons. The van der Waals surface area contributed by atoms with Gasteiger partial charge in [-0.25, -0.2) is 0 Å². The van der Waals surface area contributed by atoms with Crippen LogP contribution in [0.1, 0.15) is 50.2 Å². The Hall–Kier alpha value is -1.31. The molecule has 0 saturated carbocycles. The van der Waals surface area contributed by atoms with Gasteiger partial charge in [0.1, 0.15) is 0 Å². The summed E-state index contributed by atoms with van der Waals surface area (Å²) in [6, 6.07) is 6.48. The number of carbonyl (C=O) groups excluding carboxylic acids is 1. The molecule has 0 unspecified atom stereocenters. The average molecular weight is 217 g/mol. The van der Waals surface area contributed by atoms with Crippen molar-refractivity contribution in [2.24, 2.45) is 0 Å². The number of rotatable bonds is 3. The highest BCUT2D eigenvalue weighted by Gasteiger charge is 2.16. The Morgan fingerprint density at radius 2 is 2.00 bits per heavy atom. The van der Waals surface area contributed by atoms with Crippen LogP contribution < -0.4 is 5.32 Å². The lowest BCUT2D eigenvalue weighted by atomic mass is 9.90. The number of hydrogen-bond acceptors (Lipinski definition) is 1. The Morgan fingerprint density at radius 3 is 2.69 bits per heavy atom. The maximum absolute atomic E-state index is 11.2. The van der Waals surface area contributed by atoms with Crippen molar-refractivity contribution in [3.63, 3.8) is 0 Å². The predicted octanol–water partition coefficient (Wildman–Crippen LogP) is 3.47. The van der Waals surface area contributed by atoms with Crippen LogP contribution in [0.4, 0.5) is 5.69 Å². The molecule has 2 rings (SSSR count). The maximum atomic E-state index is 11.2. The lowest BCUT2D eigenvalue weighted by Gasteiger charge is -2.20. The van der Waals surface area contributed by atoms with E-state index in [2.05, 4.69) is 37.4 Å². The molecule has 0 aliphatic carbocycles. The molecule has 2 nitrogen and oxygen atoms in total. The lowest BCUT2D eigenvalue weighted by Crippen LogP contribution is -2.19. The first-order chi connectivity index (χ1) is 7.74. The van der Waals surface area contributed by atoms with Gasteiger partial charge in [0.15, 0.2) is 0 Å². The minimum Gasteiger partial charge on any atom is -0.326 e. The molecule has 2 heteroatoms. The zero-order valence-corrected chi connectivity index (χ0v) is 10.0. The second kappa shape index (κ2) is 4.69. The summed E-state index contributed by atoms with van der Waals surface area (Å²) in [7, 11) is 0. The van der Waals surface area contributed by atoms with Crippen LogP contribution in [0.3, 0.4) is 0 Å². The van der Waals surface area contributed by atoms with Crippen molar-refractivity contribution < 1.29 is 4.79 Å². The molecule has 0 atom stereocenters. The zero-order valence-electron chi connectivity index (χ0n) is 10.0. The van der Waals surface area contributed by atoms with Gasteiger partial charge in [-0.15, -0.1) is 0 Å². The molecule has 1 N–H and O–H groups in total. The van der Waals surface area contributed by atoms with E-state index in [9.17, 15) is 4.79 Å². The van der Waals surface area contributed by atoms with Crippen LogP contribution in [-0.2, 0) is 11.2 Å². The Kier molecular flexibility index (Phi) is 3.28. The summed E-state index contributed by atoms with van der Waals surface area (Å²) in [5.41, 5.74) is 3.72. The highest BCUT2D eigenvalue weighted by Crippen LogP contribution is 2.29. The summed E-state index contributed by atoms with van der Waals surface area (Å²) in [5.74, 6) is 0.797. The van der Waals surface area contributed by atoms with Gasteiger partial charge >= 0.3 is 0 Å². The van der Waals surface area contributed by atoms with Crippen molar-refractivity contribution in [1.82, 2.24) is 0 Å². The normalized spacial score (nSPS) is 14.8. The fraction of sp³-hybridized carbons (Fsp3) is 0.500. The second-order valence-corrected chi connectivity index (χ2v) is 4.48. The van der Waals surface area contributed by atoms with E-state index < -0.39 is 0 Å². The van der Waals surface area contributed by atoms with Crippen LogP contribution in [0.5, 0.6) is 0 Å². The number of aryl methyl sites for hydroxylation is 1. The Bertz CT molecular complexity index is 394. The molecule has 0 fully saturated rings. The van der Waals surface area contributed by atoms with E-state index in [0.29, 0.717) is 12.3 Å². The van der Waals surface area contributed by atoms with Gasteiger partial charge in [0.25, 0.3) is 0 Å². The summed E-state index contributed by atoms with van der Waals surface area (Å²) in [6.07, 6.45) is 3.87. The molecule has 1 aromatic rings. The molecule has 1 aromatic carbocycles. The van der Waals surface area contributed by atoms with Crippen LogP contribution in [0.2, 0.25) is 0 Å². The largest absolute Gasteiger partial charge is 0.326 e. The number of amides is 1. The third kappa shape index (κ3) is 2.11. The minimum atomic E-state index is 0.141. The SMILES string of the molecule is CCC(CC)c1ccc2c(c1)CCC(=O)N2. The first kappa shape index (κ1) is 11.2. The summed E-state index contributed by atoms with van der Waals surface area (Å²) < 4.78 is 0. The van der Waals surface area contributed by atoms with Gasteiger partial charge in [-0.3, -0.25) is 4.79 Å². The molecule has 16 heavy (non-hydrogen) atoms. The van der Waals surface area contributed by atoms with Gasteiger partial charge < -0.3 is 5.32 Å². The number of fused-ring (bicyclic) bond motifs is 1. The number of hydrogen-bond donors (Lipinski definition) is 1. The van der Waals surface area contributed by atoms with Crippen LogP contribution in [-0.4, -0.2) is 5.91 Å². The average Bonchev–Trinajstić information content (AvgIpc) is 2.31. The van der Waals surface area contributed by atoms with E-state index in [0.717, 1.165) is 12.1 Å². The number of nitrogens with one attached hydrogen (secondary N) is 1. The van der Waals surface area contributed by atoms with Gasteiger partial charge in [0.05, 0.1) is 0 Å². The molecular formula is C14H19NO. The van der Waals surface area contributed by atoms with Crippen LogP contribution in [0.25, 0.3) is 0 Å². The van der Waals surface area contributed by atoms with Crippen molar-refractivity contribution in [3.05, 3.63) is 29.3 Å². The van der Waals surface area contributed by atoms with Crippen molar-refractivity contribution in [1.29, 1.82) is 0 Å². The Morgan fingerprint density at radius 1 is 1.25 bits per heavy atom. The van der Waals surface area contributed by atoms with Crippen molar-refractivity contribution >= 4 is 11.6 Å². The second-order valence-electron chi connectivity index (χ2n) is 4.48. The van der Waals surface area contributed by atoms with E-state index >= 15 is 0 Å². The predicted molar refractivity (Wildman–Crippen MR) is 66.7 cm³/mol. The topological polar surface area (TPSA) is 29.1 Å². The highest BCUT2D eigenvalue weighted by molar-refractivity contribution is 5.93. The molecule has 0 bridgehead atoms. The highest BCUT2D eigenvalue weighted by atomic mass is 16.1. The van der Waals surface area contributed by atoms with E-state index in [-0.39, 0.29) is 5.91 Å². The summed E-state index contributed by atoms with van der Waals surface area (Å²) in [6.45, 7) is 4.46. The van der Waals surface area contributed by atoms with Crippen LogP contribution in [0, 0.1) is 0 Å².